The molecule has 0 saturated carbocycles. The number of amides is 1. The number of nitriles is 2. The van der Waals surface area contributed by atoms with Crippen LogP contribution in [-0.4, -0.2) is 16.6 Å². The first-order chi connectivity index (χ1) is 12.6. The number of benzene rings is 1. The lowest BCUT2D eigenvalue weighted by molar-refractivity contribution is -0.113. The van der Waals surface area contributed by atoms with Crippen molar-refractivity contribution in [3.63, 3.8) is 0 Å². The number of nitrogens with two attached hydrogens (primary N) is 1. The molecule has 0 spiro atoms. The molecule has 2 aromatic rings. The van der Waals surface area contributed by atoms with Crippen LogP contribution >= 0.6 is 11.8 Å². The standard InChI is InChI=1S/C19H19N5OS/c1-2-3-4-13-5-7-16(8-6-13)23-17(25)12-26-19-15(11-21)9-14(10-20)18(22)24-19/h5-9H,2-4,12H2,1H3,(H2,22,24)(H,23,25). The summed E-state index contributed by atoms with van der Waals surface area (Å²) in [5.41, 5.74) is 8.03. The smallest absolute Gasteiger partial charge is 0.234 e. The molecular formula is C19H19N5OS. The maximum absolute atomic E-state index is 12.1. The van der Waals surface area contributed by atoms with Crippen molar-refractivity contribution in [3.05, 3.63) is 47.0 Å². The molecule has 0 bridgehead atoms. The molecule has 0 atom stereocenters. The number of thioether (sulfide) groups is 1. The van der Waals surface area contributed by atoms with Crippen LogP contribution < -0.4 is 11.1 Å². The number of rotatable bonds is 7. The molecule has 0 radical (unpaired) electrons. The van der Waals surface area contributed by atoms with Gasteiger partial charge in [-0.2, -0.15) is 10.5 Å². The Bertz CT molecular complexity index is 865. The molecule has 0 fully saturated rings. The van der Waals surface area contributed by atoms with Crippen LogP contribution in [0.15, 0.2) is 35.4 Å². The lowest BCUT2D eigenvalue weighted by atomic mass is 10.1. The van der Waals surface area contributed by atoms with Crippen LogP contribution in [0.2, 0.25) is 0 Å². The molecule has 0 saturated heterocycles. The van der Waals surface area contributed by atoms with Crippen molar-refractivity contribution in [2.45, 2.75) is 31.2 Å². The summed E-state index contributed by atoms with van der Waals surface area (Å²) in [5, 5.41) is 21.2. The number of carbonyl (C=O) groups is 1. The van der Waals surface area contributed by atoms with E-state index in [1.807, 2.05) is 36.4 Å². The molecule has 2 rings (SSSR count). The molecule has 0 aliphatic rings. The van der Waals surface area contributed by atoms with E-state index in [2.05, 4.69) is 17.2 Å². The number of anilines is 2. The first kappa shape index (κ1) is 19.3. The van der Waals surface area contributed by atoms with E-state index in [0.717, 1.165) is 36.7 Å². The van der Waals surface area contributed by atoms with Gasteiger partial charge in [0.2, 0.25) is 5.91 Å². The maximum atomic E-state index is 12.1. The Morgan fingerprint density at radius 2 is 1.92 bits per heavy atom. The van der Waals surface area contributed by atoms with Gasteiger partial charge in [-0.15, -0.1) is 0 Å². The number of nitrogens with one attached hydrogen (secondary N) is 1. The van der Waals surface area contributed by atoms with Gasteiger partial charge in [0.1, 0.15) is 23.0 Å². The minimum atomic E-state index is -0.204. The number of pyridine rings is 1. The minimum absolute atomic E-state index is 0.0528. The zero-order chi connectivity index (χ0) is 18.9. The van der Waals surface area contributed by atoms with Crippen molar-refractivity contribution in [3.8, 4) is 12.1 Å². The SMILES string of the molecule is CCCCc1ccc(NC(=O)CSc2nc(N)c(C#N)cc2C#N)cc1. The van der Waals surface area contributed by atoms with Crippen LogP contribution in [0.1, 0.15) is 36.5 Å². The predicted molar refractivity (Wildman–Crippen MR) is 102 cm³/mol. The van der Waals surface area contributed by atoms with Crippen LogP contribution in [0, 0.1) is 22.7 Å². The third-order valence-corrected chi connectivity index (χ3v) is 4.65. The van der Waals surface area contributed by atoms with E-state index >= 15 is 0 Å². The molecule has 3 N–H and O–H groups in total. The van der Waals surface area contributed by atoms with E-state index < -0.39 is 0 Å². The number of carbonyl (C=O) groups excluding carboxylic acids is 1. The fourth-order valence-electron chi connectivity index (χ4n) is 2.26. The first-order valence-corrected chi connectivity index (χ1v) is 9.18. The zero-order valence-electron chi connectivity index (χ0n) is 14.5. The summed E-state index contributed by atoms with van der Waals surface area (Å²) < 4.78 is 0. The highest BCUT2D eigenvalue weighted by Crippen LogP contribution is 2.24. The van der Waals surface area contributed by atoms with Gasteiger partial charge in [0.15, 0.2) is 0 Å². The number of hydrogen-bond acceptors (Lipinski definition) is 6. The average molecular weight is 365 g/mol. The molecule has 1 amide bonds. The molecule has 7 heteroatoms. The highest BCUT2D eigenvalue weighted by atomic mass is 32.2. The normalized spacial score (nSPS) is 9.96. The molecule has 0 aliphatic carbocycles. The molecule has 26 heavy (non-hydrogen) atoms. The van der Waals surface area contributed by atoms with Gasteiger partial charge in [-0.25, -0.2) is 4.98 Å². The van der Waals surface area contributed by atoms with Crippen LogP contribution in [0.3, 0.4) is 0 Å². The minimum Gasteiger partial charge on any atom is -0.383 e. The van der Waals surface area contributed by atoms with Gasteiger partial charge in [0.05, 0.1) is 16.9 Å². The zero-order valence-corrected chi connectivity index (χ0v) is 15.3. The Balaban J connectivity index is 1.96. The second-order valence-electron chi connectivity index (χ2n) is 5.63. The Kier molecular flexibility index (Phi) is 7.02. The molecule has 0 aliphatic heterocycles. The number of hydrogen-bond donors (Lipinski definition) is 2. The summed E-state index contributed by atoms with van der Waals surface area (Å²) in [6, 6.07) is 13.0. The highest BCUT2D eigenvalue weighted by molar-refractivity contribution is 8.00. The summed E-state index contributed by atoms with van der Waals surface area (Å²) in [7, 11) is 0. The number of aryl methyl sites for hydroxylation is 1. The first-order valence-electron chi connectivity index (χ1n) is 8.19. The van der Waals surface area contributed by atoms with Crippen molar-refractivity contribution in [1.29, 1.82) is 10.5 Å². The molecule has 0 unspecified atom stereocenters. The highest BCUT2D eigenvalue weighted by Gasteiger charge is 2.12. The van der Waals surface area contributed by atoms with Crippen LogP contribution in [-0.2, 0) is 11.2 Å². The van der Waals surface area contributed by atoms with Crippen molar-refractivity contribution in [1.82, 2.24) is 4.98 Å². The molecule has 6 nitrogen and oxygen atoms in total. The second-order valence-corrected chi connectivity index (χ2v) is 6.60. The Morgan fingerprint density at radius 3 is 2.54 bits per heavy atom. The van der Waals surface area contributed by atoms with Gasteiger partial charge >= 0.3 is 0 Å². The molecule has 1 aromatic carbocycles. The number of unbranched alkanes of at least 4 members (excludes halogenated alkanes) is 1. The third kappa shape index (κ3) is 5.23. The monoisotopic (exact) mass is 365 g/mol. The molecule has 1 heterocycles. The second kappa shape index (κ2) is 9.45. The predicted octanol–water partition coefficient (Wildman–Crippen LogP) is 3.48. The largest absolute Gasteiger partial charge is 0.383 e. The van der Waals surface area contributed by atoms with E-state index in [-0.39, 0.29) is 28.6 Å². The molecule has 132 valence electrons. The Morgan fingerprint density at radius 1 is 1.23 bits per heavy atom. The van der Waals surface area contributed by atoms with E-state index in [0.29, 0.717) is 5.03 Å². The van der Waals surface area contributed by atoms with Crippen LogP contribution in [0.25, 0.3) is 0 Å². The summed E-state index contributed by atoms with van der Waals surface area (Å²) in [6.45, 7) is 2.15. The maximum Gasteiger partial charge on any atom is 0.234 e. The van der Waals surface area contributed by atoms with Gasteiger partial charge < -0.3 is 11.1 Å². The van der Waals surface area contributed by atoms with Crippen molar-refractivity contribution < 1.29 is 4.79 Å². The van der Waals surface area contributed by atoms with Gasteiger partial charge in [-0.1, -0.05) is 37.2 Å². The quantitative estimate of drug-likeness (QED) is 0.726. The van der Waals surface area contributed by atoms with Crippen LogP contribution in [0.5, 0.6) is 0 Å². The summed E-state index contributed by atoms with van der Waals surface area (Å²) >= 11 is 1.11. The average Bonchev–Trinajstić information content (AvgIpc) is 2.66. The van der Waals surface area contributed by atoms with Crippen molar-refractivity contribution >= 4 is 29.2 Å². The fourth-order valence-corrected chi connectivity index (χ4v) is 3.02. The fraction of sp³-hybridized carbons (Fsp3) is 0.263. The number of nitrogen functional groups attached to an aromatic ring is 1. The van der Waals surface area contributed by atoms with E-state index in [4.69, 9.17) is 16.3 Å². The van der Waals surface area contributed by atoms with E-state index in [1.165, 1.54) is 11.6 Å². The van der Waals surface area contributed by atoms with E-state index in [9.17, 15) is 4.79 Å². The number of nitrogens with zero attached hydrogens (tertiary/aromatic N) is 3. The van der Waals surface area contributed by atoms with Crippen LogP contribution in [0.4, 0.5) is 11.5 Å². The number of aromatic nitrogens is 1. The van der Waals surface area contributed by atoms with Gasteiger partial charge in [0, 0.05) is 5.69 Å². The Labute approximate surface area is 157 Å². The Hall–Kier alpha value is -3.03. The van der Waals surface area contributed by atoms with Crippen molar-refractivity contribution in [2.24, 2.45) is 0 Å². The summed E-state index contributed by atoms with van der Waals surface area (Å²) in [5.74, 6) is -0.0630. The molecule has 1 aromatic heterocycles. The lowest BCUT2D eigenvalue weighted by Gasteiger charge is -2.08. The summed E-state index contributed by atoms with van der Waals surface area (Å²) in [6.07, 6.45) is 3.32. The lowest BCUT2D eigenvalue weighted by Crippen LogP contribution is -2.14. The van der Waals surface area contributed by atoms with Gasteiger partial charge in [0.25, 0.3) is 0 Å². The van der Waals surface area contributed by atoms with Crippen molar-refractivity contribution in [2.75, 3.05) is 16.8 Å². The van der Waals surface area contributed by atoms with E-state index in [1.54, 1.807) is 0 Å². The third-order valence-electron chi connectivity index (χ3n) is 3.65. The molecular weight excluding hydrogens is 346 g/mol. The summed E-state index contributed by atoms with van der Waals surface area (Å²) in [4.78, 5) is 16.2. The van der Waals surface area contributed by atoms with Gasteiger partial charge in [-0.3, -0.25) is 4.79 Å². The van der Waals surface area contributed by atoms with Gasteiger partial charge in [-0.05, 0) is 36.6 Å². The topological polar surface area (TPSA) is 116 Å².